The second kappa shape index (κ2) is 6.07. The molecule has 0 heterocycles. The van der Waals surface area contributed by atoms with Crippen molar-refractivity contribution in [3.8, 4) is 5.75 Å². The summed E-state index contributed by atoms with van der Waals surface area (Å²) in [5.41, 5.74) is 1.25. The summed E-state index contributed by atoms with van der Waals surface area (Å²) in [7, 11) is 2.44. The normalized spacial score (nSPS) is 17.6. The Morgan fingerprint density at radius 1 is 0.950 bits per heavy atom. The highest BCUT2D eigenvalue weighted by Gasteiger charge is 2.20. The quantitative estimate of drug-likeness (QED) is 0.761. The molecule has 0 spiro atoms. The van der Waals surface area contributed by atoms with Crippen molar-refractivity contribution in [3.63, 3.8) is 0 Å². The lowest BCUT2D eigenvalue weighted by molar-refractivity contribution is 0.409. The lowest BCUT2D eigenvalue weighted by Gasteiger charge is -2.17. The molecule has 20 heavy (non-hydrogen) atoms. The van der Waals surface area contributed by atoms with Gasteiger partial charge in [0.15, 0.2) is 0 Å². The van der Waals surface area contributed by atoms with Crippen molar-refractivity contribution in [2.45, 2.75) is 5.92 Å². The number of hydrogen-bond donors (Lipinski definition) is 0. The van der Waals surface area contributed by atoms with Crippen molar-refractivity contribution >= 4 is 13.9 Å². The first-order valence-corrected chi connectivity index (χ1v) is 7.72. The summed E-state index contributed by atoms with van der Waals surface area (Å²) in [6.45, 7) is 0. The molecule has 2 heteroatoms. The average Bonchev–Trinajstić information content (AvgIpc) is 2.96. The van der Waals surface area contributed by atoms with Crippen LogP contribution in [0.5, 0.6) is 5.75 Å². The van der Waals surface area contributed by atoms with Gasteiger partial charge in [0.1, 0.15) is 5.75 Å². The summed E-state index contributed by atoms with van der Waals surface area (Å²) in [5.74, 6) is 1.30. The topological polar surface area (TPSA) is 9.23 Å². The second-order valence-corrected chi connectivity index (χ2v) is 6.12. The van der Waals surface area contributed by atoms with E-state index in [2.05, 4.69) is 60.7 Å². The molecule has 0 N–H and O–H groups in total. The summed E-state index contributed by atoms with van der Waals surface area (Å²) in [6.07, 6.45) is 6.65. The minimum atomic E-state index is 0.338. The van der Waals surface area contributed by atoms with Crippen LogP contribution in [-0.2, 0) is 0 Å². The molecular formula is C18H17OP. The Hall–Kier alpha value is -1.85. The van der Waals surface area contributed by atoms with Crippen molar-refractivity contribution in [2.24, 2.45) is 0 Å². The van der Waals surface area contributed by atoms with Crippen LogP contribution in [0.15, 0.2) is 78.1 Å². The molecule has 1 aliphatic carbocycles. The fourth-order valence-electron chi connectivity index (χ4n) is 2.48. The Morgan fingerprint density at radius 3 is 2.50 bits per heavy atom. The molecule has 100 valence electrons. The summed E-state index contributed by atoms with van der Waals surface area (Å²) < 4.78 is 5.50. The van der Waals surface area contributed by atoms with Crippen molar-refractivity contribution in [1.29, 1.82) is 0 Å². The zero-order chi connectivity index (χ0) is 13.8. The summed E-state index contributed by atoms with van der Waals surface area (Å²) in [5, 5.41) is 2.82. The monoisotopic (exact) mass is 280 g/mol. The third kappa shape index (κ3) is 2.69. The minimum Gasteiger partial charge on any atom is -0.496 e. The van der Waals surface area contributed by atoms with E-state index in [1.54, 1.807) is 7.11 Å². The molecule has 2 aromatic rings. The van der Waals surface area contributed by atoms with Crippen LogP contribution in [0.25, 0.3) is 0 Å². The third-order valence-corrected chi connectivity index (χ3v) is 4.84. The molecule has 3 rings (SSSR count). The molecule has 1 aliphatic rings. The van der Waals surface area contributed by atoms with E-state index in [1.165, 1.54) is 16.2 Å². The fourth-order valence-corrected chi connectivity index (χ4v) is 3.76. The van der Waals surface area contributed by atoms with Gasteiger partial charge in [-0.25, -0.2) is 0 Å². The Balaban J connectivity index is 1.87. The highest BCUT2D eigenvalue weighted by atomic mass is 31.1. The maximum atomic E-state index is 5.50. The van der Waals surface area contributed by atoms with Crippen LogP contribution in [0, 0.1) is 0 Å². The first-order chi connectivity index (χ1) is 9.88. The molecule has 2 unspecified atom stereocenters. The molecule has 0 aromatic heterocycles. The molecule has 0 saturated carbocycles. The van der Waals surface area contributed by atoms with E-state index in [0.717, 1.165) is 5.75 Å². The van der Waals surface area contributed by atoms with Gasteiger partial charge in [0.2, 0.25) is 0 Å². The lowest BCUT2D eigenvalue weighted by atomic mass is 10.00. The number of allylic oxidation sites excluding steroid dienone is 4. The van der Waals surface area contributed by atoms with Gasteiger partial charge in [-0.05, 0) is 16.7 Å². The van der Waals surface area contributed by atoms with E-state index in [-0.39, 0.29) is 0 Å². The van der Waals surface area contributed by atoms with E-state index in [0.29, 0.717) is 14.5 Å². The second-order valence-electron chi connectivity index (χ2n) is 4.72. The summed E-state index contributed by atoms with van der Waals surface area (Å²) in [6, 6.07) is 18.9. The van der Waals surface area contributed by atoms with E-state index < -0.39 is 0 Å². The Labute approximate surface area is 121 Å². The molecule has 0 saturated heterocycles. The molecule has 0 aliphatic heterocycles. The molecule has 0 bridgehead atoms. The van der Waals surface area contributed by atoms with Crippen molar-refractivity contribution in [3.05, 3.63) is 83.7 Å². The molecule has 0 fully saturated rings. The average molecular weight is 280 g/mol. The van der Waals surface area contributed by atoms with Crippen LogP contribution in [-0.4, -0.2) is 7.11 Å². The van der Waals surface area contributed by atoms with Crippen molar-refractivity contribution in [2.75, 3.05) is 7.11 Å². The largest absolute Gasteiger partial charge is 0.496 e. The Morgan fingerprint density at radius 2 is 1.70 bits per heavy atom. The zero-order valence-electron chi connectivity index (χ0n) is 11.4. The number of methoxy groups -OCH3 is 1. The molecule has 1 nitrogen and oxygen atoms in total. The van der Waals surface area contributed by atoms with Gasteiger partial charge >= 0.3 is 0 Å². The van der Waals surface area contributed by atoms with E-state index in [1.807, 2.05) is 12.1 Å². The van der Waals surface area contributed by atoms with Gasteiger partial charge in [-0.3, -0.25) is 0 Å². The van der Waals surface area contributed by atoms with Crippen LogP contribution >= 0.6 is 8.58 Å². The fraction of sp³-hybridized carbons (Fsp3) is 0.111. The van der Waals surface area contributed by atoms with E-state index in [9.17, 15) is 0 Å². The predicted molar refractivity (Wildman–Crippen MR) is 87.3 cm³/mol. The minimum absolute atomic E-state index is 0.338. The van der Waals surface area contributed by atoms with Crippen LogP contribution in [0.2, 0.25) is 0 Å². The predicted octanol–water partition coefficient (Wildman–Crippen LogP) is 4.24. The smallest absolute Gasteiger partial charge is 0.122 e. The van der Waals surface area contributed by atoms with Crippen LogP contribution < -0.4 is 10.0 Å². The van der Waals surface area contributed by atoms with Gasteiger partial charge in [0, 0.05) is 11.5 Å². The van der Waals surface area contributed by atoms with Crippen molar-refractivity contribution in [1.82, 2.24) is 0 Å². The van der Waals surface area contributed by atoms with Crippen LogP contribution in [0.4, 0.5) is 0 Å². The molecule has 2 aromatic carbocycles. The highest BCUT2D eigenvalue weighted by molar-refractivity contribution is 7.51. The first-order valence-electron chi connectivity index (χ1n) is 6.72. The van der Waals surface area contributed by atoms with Gasteiger partial charge in [0.05, 0.1) is 7.11 Å². The first kappa shape index (κ1) is 13.1. The number of benzene rings is 2. The van der Waals surface area contributed by atoms with Gasteiger partial charge in [-0.2, -0.15) is 0 Å². The highest BCUT2D eigenvalue weighted by Crippen LogP contribution is 2.43. The molecule has 0 amide bonds. The third-order valence-electron chi connectivity index (χ3n) is 3.45. The maximum absolute atomic E-state index is 5.50. The Bertz CT molecular complexity index is 643. The molecular weight excluding hydrogens is 263 g/mol. The Kier molecular flexibility index (Phi) is 3.99. The van der Waals surface area contributed by atoms with E-state index >= 15 is 0 Å². The van der Waals surface area contributed by atoms with Gasteiger partial charge in [-0.15, -0.1) is 0 Å². The SMILES string of the molecule is COc1ccccc1C1C=CC=C1Pc1ccccc1. The number of hydrogen-bond acceptors (Lipinski definition) is 1. The number of rotatable bonds is 4. The van der Waals surface area contributed by atoms with E-state index in [4.69, 9.17) is 4.74 Å². The van der Waals surface area contributed by atoms with Crippen molar-refractivity contribution < 1.29 is 4.74 Å². The van der Waals surface area contributed by atoms with Crippen LogP contribution in [0.3, 0.4) is 0 Å². The standard InChI is InChI=1S/C18H17OP/c1-19-17-12-6-5-10-15(17)16-11-7-13-18(16)20-14-8-3-2-4-9-14/h2-13,16,20H,1H3. The molecule has 0 radical (unpaired) electrons. The van der Waals surface area contributed by atoms with Crippen LogP contribution in [0.1, 0.15) is 11.5 Å². The molecule has 2 atom stereocenters. The summed E-state index contributed by atoms with van der Waals surface area (Å²) in [4.78, 5) is 0. The lowest BCUT2D eigenvalue weighted by Crippen LogP contribution is -2.01. The van der Waals surface area contributed by atoms with Gasteiger partial charge < -0.3 is 4.74 Å². The number of para-hydroxylation sites is 1. The summed E-state index contributed by atoms with van der Waals surface area (Å²) >= 11 is 0. The number of ether oxygens (including phenoxy) is 1. The maximum Gasteiger partial charge on any atom is 0.122 e. The zero-order valence-corrected chi connectivity index (χ0v) is 12.4. The van der Waals surface area contributed by atoms with Gasteiger partial charge in [-0.1, -0.05) is 75.3 Å². The van der Waals surface area contributed by atoms with Gasteiger partial charge in [0.25, 0.3) is 0 Å².